The molecule has 0 saturated carbocycles. The second kappa shape index (κ2) is 7.88. The van der Waals surface area contributed by atoms with E-state index in [0.29, 0.717) is 17.2 Å². The highest BCUT2D eigenvalue weighted by atomic mass is 32.2. The second-order valence-electron chi connectivity index (χ2n) is 7.94. The summed E-state index contributed by atoms with van der Waals surface area (Å²) in [6.07, 6.45) is 1.75. The number of fused-ring (bicyclic) bond motifs is 1. The minimum atomic E-state index is -3.64. The minimum Gasteiger partial charge on any atom is -0.495 e. The lowest BCUT2D eigenvalue weighted by Gasteiger charge is -2.35. The van der Waals surface area contributed by atoms with Gasteiger partial charge >= 0.3 is 0 Å². The Balaban J connectivity index is 1.72. The normalized spacial score (nSPS) is 17.9. The van der Waals surface area contributed by atoms with Crippen LogP contribution in [0.2, 0.25) is 0 Å². The molecule has 1 fully saturated rings. The van der Waals surface area contributed by atoms with Crippen molar-refractivity contribution in [2.24, 2.45) is 0 Å². The maximum atomic E-state index is 13.6. The maximum Gasteiger partial charge on any atom is 0.264 e. The van der Waals surface area contributed by atoms with Crippen molar-refractivity contribution in [2.45, 2.75) is 24.7 Å². The van der Waals surface area contributed by atoms with Gasteiger partial charge in [0, 0.05) is 32.7 Å². The molecule has 2 heterocycles. The molecule has 0 aromatic heterocycles. The van der Waals surface area contributed by atoms with Crippen LogP contribution in [0, 0.1) is 6.92 Å². The molecule has 0 amide bonds. The van der Waals surface area contributed by atoms with Gasteiger partial charge in [-0.25, -0.2) is 8.42 Å². The van der Waals surface area contributed by atoms with Gasteiger partial charge in [-0.3, -0.25) is 4.31 Å². The third-order valence-electron chi connectivity index (χ3n) is 5.89. The standard InChI is InChI=1S/C22H29N3O3S/c1-17-6-8-20-18(15-17)5-4-10-25(20)29(26,27)19-7-9-22(28-3)21(16-19)24-13-11-23(2)12-14-24/h6-9,15-16H,4-5,10-14H2,1-3H3. The lowest BCUT2D eigenvalue weighted by Crippen LogP contribution is -2.44. The third kappa shape index (κ3) is 3.81. The number of anilines is 2. The Labute approximate surface area is 173 Å². The van der Waals surface area contributed by atoms with Gasteiger partial charge < -0.3 is 14.5 Å². The predicted molar refractivity (Wildman–Crippen MR) is 117 cm³/mol. The third-order valence-corrected chi connectivity index (χ3v) is 7.70. The highest BCUT2D eigenvalue weighted by molar-refractivity contribution is 7.92. The number of nitrogens with zero attached hydrogens (tertiary/aromatic N) is 3. The van der Waals surface area contributed by atoms with E-state index < -0.39 is 10.0 Å². The molecule has 0 atom stereocenters. The summed E-state index contributed by atoms with van der Waals surface area (Å²) >= 11 is 0. The SMILES string of the molecule is COc1ccc(S(=O)(=O)N2CCCc3cc(C)ccc32)cc1N1CCN(C)CC1. The summed E-state index contributed by atoms with van der Waals surface area (Å²) in [7, 11) is 0.0889. The molecule has 7 heteroatoms. The molecule has 156 valence electrons. The van der Waals surface area contributed by atoms with Gasteiger partial charge in [0.15, 0.2) is 0 Å². The number of likely N-dealkylation sites (N-methyl/N-ethyl adjacent to an activating group) is 1. The van der Waals surface area contributed by atoms with Crippen molar-refractivity contribution in [2.75, 3.05) is 56.1 Å². The highest BCUT2D eigenvalue weighted by Gasteiger charge is 2.30. The zero-order valence-corrected chi connectivity index (χ0v) is 18.2. The number of rotatable bonds is 4. The van der Waals surface area contributed by atoms with Crippen LogP contribution < -0.4 is 13.9 Å². The number of piperazine rings is 1. The lowest BCUT2D eigenvalue weighted by atomic mass is 10.0. The Hall–Kier alpha value is -2.25. The molecule has 2 aliphatic rings. The molecular formula is C22H29N3O3S. The first-order valence-corrected chi connectivity index (χ1v) is 11.6. The van der Waals surface area contributed by atoms with Crippen LogP contribution in [0.3, 0.4) is 0 Å². The Morgan fingerprint density at radius 2 is 1.69 bits per heavy atom. The molecule has 0 bridgehead atoms. The van der Waals surface area contributed by atoms with E-state index in [0.717, 1.165) is 61.5 Å². The van der Waals surface area contributed by atoms with Crippen molar-refractivity contribution >= 4 is 21.4 Å². The molecule has 2 aromatic carbocycles. The van der Waals surface area contributed by atoms with Crippen molar-refractivity contribution in [3.63, 3.8) is 0 Å². The van der Waals surface area contributed by atoms with Crippen molar-refractivity contribution in [3.05, 3.63) is 47.5 Å². The first-order valence-electron chi connectivity index (χ1n) is 10.1. The van der Waals surface area contributed by atoms with E-state index in [1.54, 1.807) is 29.6 Å². The fourth-order valence-corrected chi connectivity index (χ4v) is 5.75. The topological polar surface area (TPSA) is 53.1 Å². The average molecular weight is 416 g/mol. The Morgan fingerprint density at radius 1 is 0.931 bits per heavy atom. The van der Waals surface area contributed by atoms with Gasteiger partial charge in [0.2, 0.25) is 0 Å². The number of sulfonamides is 1. The smallest absolute Gasteiger partial charge is 0.264 e. The van der Waals surface area contributed by atoms with Crippen LogP contribution in [-0.2, 0) is 16.4 Å². The van der Waals surface area contributed by atoms with Crippen molar-refractivity contribution in [3.8, 4) is 5.75 Å². The Kier molecular flexibility index (Phi) is 5.44. The number of hydrogen-bond acceptors (Lipinski definition) is 5. The summed E-state index contributed by atoms with van der Waals surface area (Å²) in [6.45, 7) is 6.14. The Morgan fingerprint density at radius 3 is 2.41 bits per heavy atom. The van der Waals surface area contributed by atoms with Crippen LogP contribution in [-0.4, -0.2) is 60.2 Å². The van der Waals surface area contributed by atoms with Crippen molar-refractivity contribution in [1.82, 2.24) is 4.90 Å². The predicted octanol–water partition coefficient (Wildman–Crippen LogP) is 2.90. The summed E-state index contributed by atoms with van der Waals surface area (Å²) in [5.41, 5.74) is 3.92. The quantitative estimate of drug-likeness (QED) is 0.769. The molecular weight excluding hydrogens is 386 g/mol. The molecule has 0 radical (unpaired) electrons. The maximum absolute atomic E-state index is 13.6. The first-order chi connectivity index (χ1) is 13.9. The molecule has 6 nitrogen and oxygen atoms in total. The van der Waals surface area contributed by atoms with Gasteiger partial charge in [-0.1, -0.05) is 17.7 Å². The summed E-state index contributed by atoms with van der Waals surface area (Å²) < 4.78 is 34.3. The molecule has 0 spiro atoms. The van der Waals surface area contributed by atoms with Crippen LogP contribution in [0.4, 0.5) is 11.4 Å². The van der Waals surface area contributed by atoms with Crippen LogP contribution >= 0.6 is 0 Å². The number of methoxy groups -OCH3 is 1. The average Bonchev–Trinajstić information content (AvgIpc) is 2.73. The fourth-order valence-electron chi connectivity index (χ4n) is 4.19. The van der Waals surface area contributed by atoms with E-state index in [-0.39, 0.29) is 0 Å². The molecule has 0 N–H and O–H groups in total. The zero-order chi connectivity index (χ0) is 20.6. The summed E-state index contributed by atoms with van der Waals surface area (Å²) in [5.74, 6) is 0.711. The van der Waals surface area contributed by atoms with E-state index in [1.807, 2.05) is 19.1 Å². The number of hydrogen-bond donors (Lipinski definition) is 0. The lowest BCUT2D eigenvalue weighted by molar-refractivity contribution is 0.311. The number of ether oxygens (including phenoxy) is 1. The van der Waals surface area contributed by atoms with Crippen LogP contribution in [0.25, 0.3) is 0 Å². The van der Waals surface area contributed by atoms with Crippen molar-refractivity contribution < 1.29 is 13.2 Å². The van der Waals surface area contributed by atoms with Gasteiger partial charge in [0.05, 0.1) is 23.4 Å². The minimum absolute atomic E-state index is 0.320. The van der Waals surface area contributed by atoms with Gasteiger partial charge in [0.1, 0.15) is 5.75 Å². The van der Waals surface area contributed by atoms with E-state index in [4.69, 9.17) is 4.74 Å². The molecule has 4 rings (SSSR count). The van der Waals surface area contributed by atoms with Gasteiger partial charge in [-0.15, -0.1) is 0 Å². The van der Waals surface area contributed by atoms with Gasteiger partial charge in [0.25, 0.3) is 10.0 Å². The molecule has 29 heavy (non-hydrogen) atoms. The fraction of sp³-hybridized carbons (Fsp3) is 0.455. The first kappa shape index (κ1) is 20.0. The molecule has 0 aliphatic carbocycles. The number of benzene rings is 2. The van der Waals surface area contributed by atoms with Gasteiger partial charge in [-0.05, 0) is 56.6 Å². The van der Waals surface area contributed by atoms with E-state index in [1.165, 1.54) is 0 Å². The largest absolute Gasteiger partial charge is 0.495 e. The summed E-state index contributed by atoms with van der Waals surface area (Å²) in [5, 5.41) is 0. The van der Waals surface area contributed by atoms with Crippen molar-refractivity contribution in [1.29, 1.82) is 0 Å². The summed E-state index contributed by atoms with van der Waals surface area (Å²) in [4.78, 5) is 4.81. The molecule has 2 aliphatic heterocycles. The Bertz CT molecular complexity index is 998. The summed E-state index contributed by atoms with van der Waals surface area (Å²) in [6, 6.07) is 11.2. The van der Waals surface area contributed by atoms with E-state index >= 15 is 0 Å². The molecule has 0 unspecified atom stereocenters. The zero-order valence-electron chi connectivity index (χ0n) is 17.4. The van der Waals surface area contributed by atoms with E-state index in [9.17, 15) is 8.42 Å². The van der Waals surface area contributed by atoms with Crippen LogP contribution in [0.5, 0.6) is 5.75 Å². The molecule has 2 aromatic rings. The number of aryl methyl sites for hydroxylation is 2. The second-order valence-corrected chi connectivity index (χ2v) is 9.80. The van der Waals surface area contributed by atoms with Crippen LogP contribution in [0.15, 0.2) is 41.3 Å². The highest BCUT2D eigenvalue weighted by Crippen LogP contribution is 2.36. The molecule has 1 saturated heterocycles. The van der Waals surface area contributed by atoms with Crippen LogP contribution in [0.1, 0.15) is 17.5 Å². The van der Waals surface area contributed by atoms with Gasteiger partial charge in [-0.2, -0.15) is 0 Å². The van der Waals surface area contributed by atoms with E-state index in [2.05, 4.69) is 22.9 Å². The monoisotopic (exact) mass is 415 g/mol.